The van der Waals surface area contributed by atoms with E-state index in [4.69, 9.17) is 0 Å². The molecule has 1 atom stereocenters. The van der Waals surface area contributed by atoms with Crippen LogP contribution in [-0.2, 0) is 4.79 Å². The lowest BCUT2D eigenvalue weighted by Gasteiger charge is -2.24. The zero-order chi connectivity index (χ0) is 14.8. The van der Waals surface area contributed by atoms with Gasteiger partial charge in [-0.1, -0.05) is 29.3 Å². The molecule has 1 saturated heterocycles. The zero-order valence-corrected chi connectivity index (χ0v) is 13.0. The number of rotatable bonds is 4. The number of carboxylic acid groups (broad SMARTS) is 1. The molecule has 0 spiro atoms. The van der Waals surface area contributed by atoms with Gasteiger partial charge in [-0.15, -0.1) is 0 Å². The van der Waals surface area contributed by atoms with Gasteiger partial charge in [-0.2, -0.15) is 0 Å². The molecule has 1 aliphatic rings. The molecule has 0 aliphatic carbocycles. The van der Waals surface area contributed by atoms with Crippen LogP contribution in [0.4, 0.5) is 0 Å². The highest BCUT2D eigenvalue weighted by molar-refractivity contribution is 9.10. The molecule has 2 rings (SSSR count). The minimum absolute atomic E-state index is 0.0864. The highest BCUT2D eigenvalue weighted by Crippen LogP contribution is 2.36. The largest absolute Gasteiger partial charge is 0.481 e. The first-order chi connectivity index (χ1) is 9.48. The topological polar surface area (TPSA) is 57.6 Å². The van der Waals surface area contributed by atoms with E-state index in [0.29, 0.717) is 31.5 Å². The number of carboxylic acids is 1. The maximum atomic E-state index is 12.4. The molecule has 5 heteroatoms. The van der Waals surface area contributed by atoms with Crippen molar-refractivity contribution in [3.05, 3.63) is 34.3 Å². The number of likely N-dealkylation sites (tertiary alicyclic amines) is 1. The van der Waals surface area contributed by atoms with E-state index in [1.54, 1.807) is 17.0 Å². The average molecular weight is 340 g/mol. The number of carbonyl (C=O) groups is 2. The quantitative estimate of drug-likeness (QED) is 0.916. The summed E-state index contributed by atoms with van der Waals surface area (Å²) in [5.74, 6) is -0.873. The van der Waals surface area contributed by atoms with E-state index in [0.717, 1.165) is 10.9 Å². The normalized spacial score (nSPS) is 22.0. The molecule has 0 bridgehead atoms. The van der Waals surface area contributed by atoms with Gasteiger partial charge in [0.05, 0.1) is 5.41 Å². The molecule has 1 fully saturated rings. The lowest BCUT2D eigenvalue weighted by atomic mass is 9.83. The third-order valence-electron chi connectivity index (χ3n) is 3.91. The van der Waals surface area contributed by atoms with Crippen molar-refractivity contribution < 1.29 is 14.7 Å². The van der Waals surface area contributed by atoms with Crippen LogP contribution >= 0.6 is 15.9 Å². The van der Waals surface area contributed by atoms with E-state index in [9.17, 15) is 14.7 Å². The van der Waals surface area contributed by atoms with Gasteiger partial charge in [0.25, 0.3) is 5.91 Å². The third-order valence-corrected chi connectivity index (χ3v) is 4.44. The highest BCUT2D eigenvalue weighted by Gasteiger charge is 2.45. The summed E-state index contributed by atoms with van der Waals surface area (Å²) in [7, 11) is 0. The van der Waals surface area contributed by atoms with Crippen molar-refractivity contribution in [1.29, 1.82) is 0 Å². The van der Waals surface area contributed by atoms with E-state index in [2.05, 4.69) is 15.9 Å². The van der Waals surface area contributed by atoms with Crippen molar-refractivity contribution in [1.82, 2.24) is 4.90 Å². The Morgan fingerprint density at radius 1 is 1.35 bits per heavy atom. The second-order valence-corrected chi connectivity index (χ2v) is 6.23. The summed E-state index contributed by atoms with van der Waals surface area (Å²) in [4.78, 5) is 25.6. The number of hydrogen-bond donors (Lipinski definition) is 1. The number of amides is 1. The van der Waals surface area contributed by atoms with Gasteiger partial charge in [0, 0.05) is 23.1 Å². The van der Waals surface area contributed by atoms with Crippen LogP contribution in [-0.4, -0.2) is 35.0 Å². The summed E-state index contributed by atoms with van der Waals surface area (Å²) in [6, 6.07) is 7.15. The molecule has 1 aromatic carbocycles. The van der Waals surface area contributed by atoms with Crippen LogP contribution < -0.4 is 0 Å². The molecular formula is C15H18BrNO3. The van der Waals surface area contributed by atoms with Crippen LogP contribution in [0.15, 0.2) is 28.7 Å². The summed E-state index contributed by atoms with van der Waals surface area (Å²) in [6.45, 7) is 2.80. The fraction of sp³-hybridized carbons (Fsp3) is 0.467. The maximum Gasteiger partial charge on any atom is 0.311 e. The first kappa shape index (κ1) is 15.0. The molecule has 108 valence electrons. The Kier molecular flexibility index (Phi) is 4.48. The second kappa shape index (κ2) is 5.95. The minimum Gasteiger partial charge on any atom is -0.481 e. The average Bonchev–Trinajstić information content (AvgIpc) is 2.85. The van der Waals surface area contributed by atoms with Gasteiger partial charge in [-0.3, -0.25) is 9.59 Å². The van der Waals surface area contributed by atoms with Crippen LogP contribution in [0.25, 0.3) is 0 Å². The molecule has 1 unspecified atom stereocenters. The second-order valence-electron chi connectivity index (χ2n) is 5.32. The van der Waals surface area contributed by atoms with E-state index in [1.807, 2.05) is 19.1 Å². The van der Waals surface area contributed by atoms with Crippen LogP contribution in [0.5, 0.6) is 0 Å². The molecule has 1 aliphatic heterocycles. The lowest BCUT2D eigenvalue weighted by Crippen LogP contribution is -2.36. The van der Waals surface area contributed by atoms with Crippen molar-refractivity contribution in [2.75, 3.05) is 13.1 Å². The number of nitrogens with zero attached hydrogens (tertiary/aromatic N) is 1. The SMILES string of the molecule is CCCC1(C(=O)O)CCN(C(=O)c2ccc(Br)cc2)C1. The summed E-state index contributed by atoms with van der Waals surface area (Å²) in [5, 5.41) is 9.46. The minimum atomic E-state index is -0.787. The van der Waals surface area contributed by atoms with Crippen molar-refractivity contribution in [2.24, 2.45) is 5.41 Å². The number of carbonyl (C=O) groups excluding carboxylic acids is 1. The smallest absolute Gasteiger partial charge is 0.311 e. The van der Waals surface area contributed by atoms with Gasteiger partial charge in [-0.05, 0) is 37.1 Å². The predicted octanol–water partition coefficient (Wildman–Crippen LogP) is 3.17. The Morgan fingerprint density at radius 2 is 2.00 bits per heavy atom. The van der Waals surface area contributed by atoms with Gasteiger partial charge in [0.15, 0.2) is 0 Å². The fourth-order valence-electron chi connectivity index (χ4n) is 2.78. The third kappa shape index (κ3) is 2.87. The molecule has 0 radical (unpaired) electrons. The Balaban J connectivity index is 2.14. The number of aliphatic carboxylic acids is 1. The van der Waals surface area contributed by atoms with Gasteiger partial charge in [0.1, 0.15) is 0 Å². The van der Waals surface area contributed by atoms with E-state index in [1.165, 1.54) is 0 Å². The summed E-state index contributed by atoms with van der Waals surface area (Å²) in [5.41, 5.74) is -0.161. The molecule has 1 aromatic rings. The fourth-order valence-corrected chi connectivity index (χ4v) is 3.05. The van der Waals surface area contributed by atoms with Crippen molar-refractivity contribution in [3.8, 4) is 0 Å². The molecule has 20 heavy (non-hydrogen) atoms. The van der Waals surface area contributed by atoms with Crippen molar-refractivity contribution in [2.45, 2.75) is 26.2 Å². The zero-order valence-electron chi connectivity index (χ0n) is 11.4. The van der Waals surface area contributed by atoms with E-state index in [-0.39, 0.29) is 5.91 Å². The standard InChI is InChI=1S/C15H18BrNO3/c1-2-7-15(14(19)20)8-9-17(10-15)13(18)11-3-5-12(16)6-4-11/h3-6H,2,7-10H2,1H3,(H,19,20). The van der Waals surface area contributed by atoms with Crippen LogP contribution in [0.1, 0.15) is 36.5 Å². The lowest BCUT2D eigenvalue weighted by molar-refractivity contribution is -0.148. The summed E-state index contributed by atoms with van der Waals surface area (Å²) >= 11 is 3.33. The van der Waals surface area contributed by atoms with E-state index < -0.39 is 11.4 Å². The molecule has 1 amide bonds. The van der Waals surface area contributed by atoms with Crippen molar-refractivity contribution >= 4 is 27.8 Å². The van der Waals surface area contributed by atoms with Crippen LogP contribution in [0.3, 0.4) is 0 Å². The Bertz CT molecular complexity index is 514. The van der Waals surface area contributed by atoms with Gasteiger partial charge in [-0.25, -0.2) is 0 Å². The Morgan fingerprint density at radius 3 is 2.55 bits per heavy atom. The predicted molar refractivity (Wildman–Crippen MR) is 79.6 cm³/mol. The van der Waals surface area contributed by atoms with Gasteiger partial charge >= 0.3 is 5.97 Å². The van der Waals surface area contributed by atoms with Crippen molar-refractivity contribution in [3.63, 3.8) is 0 Å². The van der Waals surface area contributed by atoms with Crippen LogP contribution in [0, 0.1) is 5.41 Å². The first-order valence-corrected chi connectivity index (χ1v) is 7.56. The van der Waals surface area contributed by atoms with Crippen LogP contribution in [0.2, 0.25) is 0 Å². The molecule has 1 N–H and O–H groups in total. The summed E-state index contributed by atoms with van der Waals surface area (Å²) in [6.07, 6.45) is 1.97. The Hall–Kier alpha value is -1.36. The Labute approximate surface area is 126 Å². The number of benzene rings is 1. The van der Waals surface area contributed by atoms with Gasteiger partial charge in [0.2, 0.25) is 0 Å². The monoisotopic (exact) mass is 339 g/mol. The first-order valence-electron chi connectivity index (χ1n) is 6.77. The molecular weight excluding hydrogens is 322 g/mol. The molecule has 0 aromatic heterocycles. The maximum absolute atomic E-state index is 12.4. The molecule has 4 nitrogen and oxygen atoms in total. The molecule has 0 saturated carbocycles. The molecule has 1 heterocycles. The number of hydrogen-bond acceptors (Lipinski definition) is 2. The number of halogens is 1. The van der Waals surface area contributed by atoms with E-state index >= 15 is 0 Å². The highest BCUT2D eigenvalue weighted by atomic mass is 79.9. The summed E-state index contributed by atoms with van der Waals surface area (Å²) < 4.78 is 0.918. The van der Waals surface area contributed by atoms with Gasteiger partial charge < -0.3 is 10.0 Å².